The van der Waals surface area contributed by atoms with Gasteiger partial charge in [-0.3, -0.25) is 4.90 Å². The van der Waals surface area contributed by atoms with E-state index in [2.05, 4.69) is 49.9 Å². The monoisotopic (exact) mass is 247 g/mol. The fourth-order valence-electron chi connectivity index (χ4n) is 2.24. The minimum absolute atomic E-state index is 0.176. The summed E-state index contributed by atoms with van der Waals surface area (Å²) in [6, 6.07) is 10.4. The first kappa shape index (κ1) is 14.9. The summed E-state index contributed by atoms with van der Waals surface area (Å²) < 4.78 is 0. The van der Waals surface area contributed by atoms with Crippen molar-refractivity contribution < 1.29 is 4.79 Å². The third-order valence-electron chi connectivity index (χ3n) is 3.89. The second-order valence-corrected chi connectivity index (χ2v) is 4.98. The molecule has 0 spiro atoms. The van der Waals surface area contributed by atoms with Gasteiger partial charge >= 0.3 is 0 Å². The van der Waals surface area contributed by atoms with Crippen LogP contribution < -0.4 is 0 Å². The van der Waals surface area contributed by atoms with E-state index < -0.39 is 0 Å². The Bertz CT molecular complexity index is 343. The van der Waals surface area contributed by atoms with Crippen molar-refractivity contribution in [3.05, 3.63) is 35.9 Å². The quantitative estimate of drug-likeness (QED) is 0.655. The molecule has 1 aromatic rings. The molecule has 100 valence electrons. The van der Waals surface area contributed by atoms with Crippen molar-refractivity contribution in [3.8, 4) is 0 Å². The van der Waals surface area contributed by atoms with Crippen molar-refractivity contribution in [2.45, 2.75) is 40.2 Å². The van der Waals surface area contributed by atoms with Crippen molar-refractivity contribution in [2.24, 2.45) is 5.41 Å². The third kappa shape index (κ3) is 3.95. The van der Waals surface area contributed by atoms with E-state index in [0.29, 0.717) is 0 Å². The molecule has 0 N–H and O–H groups in total. The lowest BCUT2D eigenvalue weighted by Crippen LogP contribution is -2.38. The summed E-state index contributed by atoms with van der Waals surface area (Å²) in [6.45, 7) is 9.12. The van der Waals surface area contributed by atoms with E-state index in [1.165, 1.54) is 5.56 Å². The van der Waals surface area contributed by atoms with E-state index in [9.17, 15) is 4.79 Å². The van der Waals surface area contributed by atoms with Gasteiger partial charge in [-0.05, 0) is 24.9 Å². The Balaban J connectivity index is 2.69. The molecular formula is C16H25NO. The molecule has 0 unspecified atom stereocenters. The molecule has 0 bridgehead atoms. The van der Waals surface area contributed by atoms with Gasteiger partial charge in [0.05, 0.1) is 0 Å². The van der Waals surface area contributed by atoms with Gasteiger partial charge in [-0.25, -0.2) is 0 Å². The predicted octanol–water partition coefficient (Wildman–Crippen LogP) is 3.51. The highest BCUT2D eigenvalue weighted by Crippen LogP contribution is 2.25. The number of hydrogen-bond acceptors (Lipinski definition) is 2. The summed E-state index contributed by atoms with van der Waals surface area (Å²) in [4.78, 5) is 13.7. The first-order valence-electron chi connectivity index (χ1n) is 6.92. The van der Waals surface area contributed by atoms with E-state index in [1.54, 1.807) is 0 Å². The van der Waals surface area contributed by atoms with E-state index in [0.717, 1.165) is 38.8 Å². The van der Waals surface area contributed by atoms with Crippen LogP contribution in [0.25, 0.3) is 0 Å². The molecular weight excluding hydrogens is 222 g/mol. The number of rotatable bonds is 8. The van der Waals surface area contributed by atoms with Crippen molar-refractivity contribution in [2.75, 3.05) is 13.1 Å². The first-order chi connectivity index (χ1) is 8.69. The molecule has 0 aliphatic carbocycles. The maximum absolute atomic E-state index is 11.4. The number of carbonyl (C=O) groups is 1. The Hall–Kier alpha value is -1.15. The van der Waals surface area contributed by atoms with Gasteiger partial charge in [-0.2, -0.15) is 0 Å². The average molecular weight is 247 g/mol. The van der Waals surface area contributed by atoms with Gasteiger partial charge in [0.25, 0.3) is 0 Å². The van der Waals surface area contributed by atoms with Gasteiger partial charge in [0.2, 0.25) is 0 Å². The summed E-state index contributed by atoms with van der Waals surface area (Å²) in [5.74, 6) is 0. The lowest BCUT2D eigenvalue weighted by molar-refractivity contribution is -0.117. The summed E-state index contributed by atoms with van der Waals surface area (Å²) in [5, 5.41) is 0. The zero-order chi connectivity index (χ0) is 13.4. The first-order valence-corrected chi connectivity index (χ1v) is 6.92. The lowest BCUT2D eigenvalue weighted by Gasteiger charge is -2.32. The molecule has 2 heteroatoms. The van der Waals surface area contributed by atoms with Crippen LogP contribution in [0.2, 0.25) is 0 Å². The molecule has 0 saturated heterocycles. The molecule has 0 aromatic heterocycles. The van der Waals surface area contributed by atoms with E-state index >= 15 is 0 Å². The topological polar surface area (TPSA) is 20.3 Å². The van der Waals surface area contributed by atoms with Gasteiger partial charge in [-0.15, -0.1) is 0 Å². The molecule has 0 aliphatic heterocycles. The number of nitrogens with zero attached hydrogens (tertiary/aromatic N) is 1. The smallest absolute Gasteiger partial charge is 0.127 e. The van der Waals surface area contributed by atoms with Crippen LogP contribution in [0.5, 0.6) is 0 Å². The van der Waals surface area contributed by atoms with Gasteiger partial charge in [0, 0.05) is 18.5 Å². The number of aldehydes is 1. The van der Waals surface area contributed by atoms with Crippen LogP contribution >= 0.6 is 0 Å². The Morgan fingerprint density at radius 1 is 1.11 bits per heavy atom. The van der Waals surface area contributed by atoms with Gasteiger partial charge in [0.1, 0.15) is 6.29 Å². The fourth-order valence-corrected chi connectivity index (χ4v) is 2.24. The minimum atomic E-state index is -0.176. The summed E-state index contributed by atoms with van der Waals surface area (Å²) in [7, 11) is 0. The average Bonchev–Trinajstić information content (AvgIpc) is 2.45. The van der Waals surface area contributed by atoms with Crippen LogP contribution in [0.1, 0.15) is 39.2 Å². The highest BCUT2D eigenvalue weighted by atomic mass is 16.1. The Kier molecular flexibility index (Phi) is 6.06. The zero-order valence-electron chi connectivity index (χ0n) is 11.9. The Morgan fingerprint density at radius 3 is 2.17 bits per heavy atom. The van der Waals surface area contributed by atoms with Crippen molar-refractivity contribution in [3.63, 3.8) is 0 Å². The predicted molar refractivity (Wildman–Crippen MR) is 76.5 cm³/mol. The number of hydrogen-bond donors (Lipinski definition) is 0. The second kappa shape index (κ2) is 7.32. The number of benzene rings is 1. The fraction of sp³-hybridized carbons (Fsp3) is 0.562. The number of carbonyl (C=O) groups excluding carboxylic acids is 1. The largest absolute Gasteiger partial charge is 0.303 e. The van der Waals surface area contributed by atoms with Gasteiger partial charge < -0.3 is 4.79 Å². The standard InChI is InChI=1S/C16H25NO/c1-4-16(5-2,14-18)13-17(6-3)12-15-10-8-7-9-11-15/h7-11,14H,4-6,12-13H2,1-3H3. The Labute approximate surface area is 111 Å². The van der Waals surface area contributed by atoms with Gasteiger partial charge in [-0.1, -0.05) is 51.1 Å². The van der Waals surface area contributed by atoms with Crippen molar-refractivity contribution in [1.29, 1.82) is 0 Å². The summed E-state index contributed by atoms with van der Waals surface area (Å²) >= 11 is 0. The van der Waals surface area contributed by atoms with E-state index in [-0.39, 0.29) is 5.41 Å². The summed E-state index contributed by atoms with van der Waals surface area (Å²) in [5.41, 5.74) is 1.14. The van der Waals surface area contributed by atoms with Crippen LogP contribution in [0, 0.1) is 5.41 Å². The van der Waals surface area contributed by atoms with Crippen molar-refractivity contribution in [1.82, 2.24) is 4.90 Å². The molecule has 0 fully saturated rings. The van der Waals surface area contributed by atoms with Crippen molar-refractivity contribution >= 4 is 6.29 Å². The molecule has 0 saturated carbocycles. The normalized spacial score (nSPS) is 11.8. The molecule has 18 heavy (non-hydrogen) atoms. The highest BCUT2D eigenvalue weighted by molar-refractivity contribution is 5.59. The van der Waals surface area contributed by atoms with Gasteiger partial charge in [0.15, 0.2) is 0 Å². The maximum Gasteiger partial charge on any atom is 0.127 e. The molecule has 0 amide bonds. The SMILES string of the molecule is CCN(Cc1ccccc1)CC(C=O)(CC)CC. The molecule has 0 atom stereocenters. The maximum atomic E-state index is 11.4. The van der Waals surface area contributed by atoms with Crippen LogP contribution in [0.15, 0.2) is 30.3 Å². The van der Waals surface area contributed by atoms with Crippen LogP contribution in [0.4, 0.5) is 0 Å². The van der Waals surface area contributed by atoms with Crippen LogP contribution in [-0.2, 0) is 11.3 Å². The molecule has 0 heterocycles. The van der Waals surface area contributed by atoms with E-state index in [4.69, 9.17) is 0 Å². The zero-order valence-corrected chi connectivity index (χ0v) is 11.9. The second-order valence-electron chi connectivity index (χ2n) is 4.98. The highest BCUT2D eigenvalue weighted by Gasteiger charge is 2.27. The molecule has 1 rings (SSSR count). The van der Waals surface area contributed by atoms with Crippen LogP contribution in [-0.4, -0.2) is 24.3 Å². The Morgan fingerprint density at radius 2 is 1.72 bits per heavy atom. The summed E-state index contributed by atoms with van der Waals surface area (Å²) in [6.07, 6.45) is 2.98. The third-order valence-corrected chi connectivity index (χ3v) is 3.89. The molecule has 0 radical (unpaired) electrons. The molecule has 1 aromatic carbocycles. The molecule has 0 aliphatic rings. The van der Waals surface area contributed by atoms with Crippen LogP contribution in [0.3, 0.4) is 0 Å². The molecule has 2 nitrogen and oxygen atoms in total. The van der Waals surface area contributed by atoms with E-state index in [1.807, 2.05) is 6.07 Å². The lowest BCUT2D eigenvalue weighted by atomic mass is 9.83. The minimum Gasteiger partial charge on any atom is -0.303 e.